The number of nitrogens with zero attached hydrogens (tertiary/aromatic N) is 3. The van der Waals surface area contributed by atoms with Crippen molar-refractivity contribution in [1.29, 1.82) is 5.26 Å². The first-order valence-corrected chi connectivity index (χ1v) is 13.7. The first kappa shape index (κ1) is 25.9. The van der Waals surface area contributed by atoms with Crippen molar-refractivity contribution in [1.82, 2.24) is 9.80 Å². The van der Waals surface area contributed by atoms with Crippen LogP contribution >= 0.6 is 23.2 Å². The Morgan fingerprint density at radius 3 is 2.59 bits per heavy atom. The second kappa shape index (κ2) is 10.2. The molecule has 2 aromatic rings. The van der Waals surface area contributed by atoms with Gasteiger partial charge in [0, 0.05) is 28.8 Å². The quantitative estimate of drug-likeness (QED) is 0.439. The molecule has 0 saturated carbocycles. The highest BCUT2D eigenvalue weighted by atomic mass is 35.5. The summed E-state index contributed by atoms with van der Waals surface area (Å²) in [5.41, 5.74) is 4.42. The number of carbonyl (C=O) groups excluding carboxylic acids is 1. The van der Waals surface area contributed by atoms with Gasteiger partial charge in [0.2, 0.25) is 0 Å². The topological polar surface area (TPSA) is 59.4 Å². The maximum Gasteiger partial charge on any atom is 0.326 e. The summed E-state index contributed by atoms with van der Waals surface area (Å²) in [5.74, 6) is 0. The van der Waals surface area contributed by atoms with Gasteiger partial charge in [-0.05, 0) is 92.9 Å². The third-order valence-corrected chi connectivity index (χ3v) is 9.34. The zero-order valence-corrected chi connectivity index (χ0v) is 22.9. The Kier molecular flexibility index (Phi) is 7.11. The lowest BCUT2D eigenvalue weighted by Gasteiger charge is -2.49. The summed E-state index contributed by atoms with van der Waals surface area (Å²) in [7, 11) is 0. The predicted octanol–water partition coefficient (Wildman–Crippen LogP) is 7.58. The van der Waals surface area contributed by atoms with E-state index in [2.05, 4.69) is 48.4 Å². The van der Waals surface area contributed by atoms with Gasteiger partial charge in [-0.2, -0.15) is 5.26 Å². The van der Waals surface area contributed by atoms with E-state index in [9.17, 15) is 10.1 Å². The minimum atomic E-state index is -0.201. The molecular formula is C30H32Cl2N4O. The second-order valence-corrected chi connectivity index (χ2v) is 11.5. The van der Waals surface area contributed by atoms with E-state index in [-0.39, 0.29) is 16.9 Å². The largest absolute Gasteiger partial charge is 0.326 e. The minimum absolute atomic E-state index is 0.0234. The van der Waals surface area contributed by atoms with Gasteiger partial charge in [-0.1, -0.05) is 55.3 Å². The van der Waals surface area contributed by atoms with E-state index < -0.39 is 0 Å². The van der Waals surface area contributed by atoms with E-state index in [0.717, 1.165) is 56.6 Å². The van der Waals surface area contributed by atoms with E-state index in [0.29, 0.717) is 27.8 Å². The number of halogens is 2. The maximum absolute atomic E-state index is 13.7. The summed E-state index contributed by atoms with van der Waals surface area (Å²) >= 11 is 12.3. The van der Waals surface area contributed by atoms with Gasteiger partial charge in [-0.3, -0.25) is 4.90 Å². The Bertz CT molecular complexity index is 1320. The number of rotatable bonds is 4. The molecule has 0 bridgehead atoms. The highest BCUT2D eigenvalue weighted by molar-refractivity contribution is 6.42. The number of piperidine rings is 1. The molecule has 1 unspecified atom stereocenters. The average Bonchev–Trinajstić information content (AvgIpc) is 3.15. The first-order chi connectivity index (χ1) is 17.8. The zero-order chi connectivity index (χ0) is 26.2. The number of hydrogen-bond acceptors (Lipinski definition) is 3. The Labute approximate surface area is 229 Å². The molecule has 1 atom stereocenters. The van der Waals surface area contributed by atoms with E-state index in [1.165, 1.54) is 5.57 Å². The van der Waals surface area contributed by atoms with Gasteiger partial charge in [-0.25, -0.2) is 4.79 Å². The van der Waals surface area contributed by atoms with E-state index in [1.807, 2.05) is 23.1 Å². The number of allylic oxidation sites excluding steroid dienone is 4. The van der Waals surface area contributed by atoms with Crippen LogP contribution in [0.5, 0.6) is 0 Å². The molecule has 1 N–H and O–H groups in total. The number of carbonyl (C=O) groups is 1. The van der Waals surface area contributed by atoms with Crippen molar-refractivity contribution in [2.75, 3.05) is 31.5 Å². The van der Waals surface area contributed by atoms with Crippen molar-refractivity contribution < 1.29 is 4.79 Å². The molecular weight excluding hydrogens is 503 g/mol. The van der Waals surface area contributed by atoms with Gasteiger partial charge in [0.15, 0.2) is 0 Å². The number of nitriles is 1. The highest BCUT2D eigenvalue weighted by Crippen LogP contribution is 2.62. The fourth-order valence-corrected chi connectivity index (χ4v) is 6.76. The number of likely N-dealkylation sites (tertiary alicyclic amines) is 2. The van der Waals surface area contributed by atoms with Crippen molar-refractivity contribution in [3.63, 3.8) is 0 Å². The van der Waals surface area contributed by atoms with Crippen LogP contribution in [0.3, 0.4) is 0 Å². The number of fused-ring (bicyclic) bond motifs is 2. The van der Waals surface area contributed by atoms with Crippen LogP contribution in [0.1, 0.15) is 50.7 Å². The third kappa shape index (κ3) is 4.68. The molecule has 0 aromatic heterocycles. The van der Waals surface area contributed by atoms with Gasteiger partial charge < -0.3 is 10.2 Å². The Hall–Kier alpha value is -2.78. The molecule has 2 saturated heterocycles. The second-order valence-electron chi connectivity index (χ2n) is 10.7. The normalized spacial score (nSPS) is 22.7. The zero-order valence-electron chi connectivity index (χ0n) is 21.4. The van der Waals surface area contributed by atoms with Crippen LogP contribution in [0.15, 0.2) is 60.3 Å². The number of benzene rings is 2. The van der Waals surface area contributed by atoms with E-state index in [4.69, 9.17) is 23.2 Å². The van der Waals surface area contributed by atoms with Crippen LogP contribution < -0.4 is 5.32 Å². The van der Waals surface area contributed by atoms with Crippen LogP contribution in [0.25, 0.3) is 5.57 Å². The van der Waals surface area contributed by atoms with Crippen molar-refractivity contribution in [2.45, 2.75) is 39.5 Å². The summed E-state index contributed by atoms with van der Waals surface area (Å²) in [6.45, 7) is 8.45. The molecule has 2 fully saturated rings. The molecule has 2 amide bonds. The van der Waals surface area contributed by atoms with Gasteiger partial charge >= 0.3 is 6.03 Å². The molecule has 1 aliphatic carbocycles. The predicted molar refractivity (Wildman–Crippen MR) is 151 cm³/mol. The van der Waals surface area contributed by atoms with Crippen molar-refractivity contribution in [2.24, 2.45) is 10.8 Å². The summed E-state index contributed by atoms with van der Waals surface area (Å²) in [4.78, 5) is 18.2. The average molecular weight is 536 g/mol. The molecule has 2 heterocycles. The van der Waals surface area contributed by atoms with Gasteiger partial charge in [0.1, 0.15) is 0 Å². The van der Waals surface area contributed by atoms with Crippen molar-refractivity contribution in [3.05, 3.63) is 81.5 Å². The number of urea groups is 1. The molecule has 5 nitrogen and oxygen atoms in total. The van der Waals surface area contributed by atoms with Crippen LogP contribution in [-0.4, -0.2) is 42.0 Å². The Morgan fingerprint density at radius 1 is 1.11 bits per heavy atom. The van der Waals surface area contributed by atoms with Crippen LogP contribution in [0, 0.1) is 22.2 Å². The van der Waals surface area contributed by atoms with Crippen LogP contribution in [0.4, 0.5) is 10.5 Å². The lowest BCUT2D eigenvalue weighted by Crippen LogP contribution is -2.48. The van der Waals surface area contributed by atoms with Gasteiger partial charge in [-0.15, -0.1) is 0 Å². The lowest BCUT2D eigenvalue weighted by atomic mass is 9.57. The minimum Gasteiger partial charge on any atom is -0.307 e. The molecule has 37 heavy (non-hydrogen) atoms. The van der Waals surface area contributed by atoms with E-state index in [1.54, 1.807) is 18.2 Å². The van der Waals surface area contributed by atoms with E-state index >= 15 is 0 Å². The van der Waals surface area contributed by atoms with Crippen LogP contribution in [-0.2, 0) is 0 Å². The first-order valence-electron chi connectivity index (χ1n) is 13.0. The molecule has 7 heteroatoms. The van der Waals surface area contributed by atoms with Gasteiger partial charge in [0.05, 0.1) is 21.7 Å². The monoisotopic (exact) mass is 534 g/mol. The summed E-state index contributed by atoms with van der Waals surface area (Å²) in [5, 5.41) is 13.3. The molecule has 2 aromatic carbocycles. The molecule has 1 spiro atoms. The van der Waals surface area contributed by atoms with Crippen molar-refractivity contribution in [3.8, 4) is 6.07 Å². The molecule has 2 aliphatic heterocycles. The summed E-state index contributed by atoms with van der Waals surface area (Å²) in [6.07, 6.45) is 8.32. The number of nitrogens with one attached hydrogen (secondary N) is 1. The number of anilines is 1. The smallest absolute Gasteiger partial charge is 0.307 e. The van der Waals surface area contributed by atoms with Gasteiger partial charge in [0.25, 0.3) is 0 Å². The number of hydrogen-bond donors (Lipinski definition) is 1. The number of amides is 2. The summed E-state index contributed by atoms with van der Waals surface area (Å²) in [6, 6.07) is 15.1. The molecule has 5 rings (SSSR count). The Balaban J connectivity index is 1.50. The SMILES string of the molecule is CCCN1CCC2(CC1)CN(C(=O)Nc1ccc(Cl)c(Cl)c1)C1=CC=C(c3cccc(C#N)c3)CC12C. The third-order valence-electron chi connectivity index (χ3n) is 8.61. The molecule has 192 valence electrons. The highest BCUT2D eigenvalue weighted by Gasteiger charge is 2.60. The fourth-order valence-electron chi connectivity index (χ4n) is 6.47. The standard InChI is InChI=1S/C30H32Cl2N4O/c1-3-13-35-14-11-30(12-15-35)20-36(28(37)34-24-8-9-25(31)26(32)17-24)27-10-7-23(18-29(27,30)2)22-6-4-5-21(16-22)19-33/h4-10,16-17H,3,11-15,18,20H2,1-2H3,(H,34,37). The summed E-state index contributed by atoms with van der Waals surface area (Å²) < 4.78 is 0. The Morgan fingerprint density at radius 2 is 1.89 bits per heavy atom. The molecule has 3 aliphatic rings. The van der Waals surface area contributed by atoms with Crippen LogP contribution in [0.2, 0.25) is 10.0 Å². The lowest BCUT2D eigenvalue weighted by molar-refractivity contribution is 0.0359. The van der Waals surface area contributed by atoms with Crippen molar-refractivity contribution >= 4 is 40.5 Å². The fraction of sp³-hybridized carbons (Fsp3) is 0.400. The maximum atomic E-state index is 13.7. The molecule has 0 radical (unpaired) electrons.